The molecule has 2 fully saturated rings. The molecule has 1 N–H and O–H groups in total. The lowest BCUT2D eigenvalue weighted by Gasteiger charge is -2.38. The quantitative estimate of drug-likeness (QED) is 0.918. The van der Waals surface area contributed by atoms with Crippen LogP contribution in [0.2, 0.25) is 0 Å². The van der Waals surface area contributed by atoms with Crippen LogP contribution in [0.1, 0.15) is 45.1 Å². The molecule has 7 heteroatoms. The summed E-state index contributed by atoms with van der Waals surface area (Å²) in [4.78, 5) is 18.4. The van der Waals surface area contributed by atoms with Crippen LogP contribution in [0.15, 0.2) is 18.7 Å². The Kier molecular flexibility index (Phi) is 5.06. The van der Waals surface area contributed by atoms with Crippen molar-refractivity contribution in [1.29, 1.82) is 0 Å². The first-order chi connectivity index (χ1) is 11.4. The largest absolute Gasteiger partial charge is 0.338 e. The standard InChI is InChI=1S/C17H26F2N4O/c1-13-4-8-22(11-15(13)23-9-7-20-12-23)16(24)21-10-14-2-5-17(18,19)6-3-14/h7,9,12-15H,2-6,8,10-11H2,1H3,(H,21,24)/t13-,15-/m0/s1. The molecule has 1 aromatic rings. The van der Waals surface area contributed by atoms with Crippen molar-refractivity contribution in [1.82, 2.24) is 19.8 Å². The van der Waals surface area contributed by atoms with E-state index in [2.05, 4.69) is 21.8 Å². The first kappa shape index (κ1) is 17.2. The number of aromatic nitrogens is 2. The fraction of sp³-hybridized carbons (Fsp3) is 0.765. The van der Waals surface area contributed by atoms with Gasteiger partial charge in [0.15, 0.2) is 0 Å². The zero-order valence-electron chi connectivity index (χ0n) is 14.1. The van der Waals surface area contributed by atoms with Gasteiger partial charge in [0.05, 0.1) is 12.4 Å². The third-order valence-electron chi connectivity index (χ3n) is 5.49. The molecule has 0 bridgehead atoms. The maximum Gasteiger partial charge on any atom is 0.317 e. The van der Waals surface area contributed by atoms with Gasteiger partial charge in [0.2, 0.25) is 5.92 Å². The lowest BCUT2D eigenvalue weighted by Crippen LogP contribution is -2.49. The smallest absolute Gasteiger partial charge is 0.317 e. The minimum absolute atomic E-state index is 0.0581. The molecule has 1 aliphatic carbocycles. The molecule has 2 atom stereocenters. The minimum Gasteiger partial charge on any atom is -0.338 e. The normalized spacial score (nSPS) is 27.9. The number of halogens is 2. The number of likely N-dealkylation sites (tertiary alicyclic amines) is 1. The molecule has 1 aromatic heterocycles. The van der Waals surface area contributed by atoms with Crippen LogP contribution in [0.25, 0.3) is 0 Å². The fourth-order valence-corrected chi connectivity index (χ4v) is 3.73. The summed E-state index contributed by atoms with van der Waals surface area (Å²) in [7, 11) is 0. The number of carbonyl (C=O) groups excluding carboxylic acids is 1. The molecule has 2 aliphatic rings. The monoisotopic (exact) mass is 340 g/mol. The minimum atomic E-state index is -2.51. The lowest BCUT2D eigenvalue weighted by atomic mass is 9.87. The maximum atomic E-state index is 13.2. The van der Waals surface area contributed by atoms with Crippen molar-refractivity contribution in [3.8, 4) is 0 Å². The second-order valence-corrected chi connectivity index (χ2v) is 7.27. The number of piperidine rings is 1. The molecule has 0 unspecified atom stereocenters. The predicted octanol–water partition coefficient (Wildman–Crippen LogP) is 3.30. The van der Waals surface area contributed by atoms with Gasteiger partial charge in [-0.2, -0.15) is 0 Å². The number of imidazole rings is 1. The number of rotatable bonds is 3. The molecule has 2 amide bonds. The van der Waals surface area contributed by atoms with E-state index in [4.69, 9.17) is 0 Å². The number of urea groups is 1. The Hall–Kier alpha value is -1.66. The van der Waals surface area contributed by atoms with E-state index >= 15 is 0 Å². The van der Waals surface area contributed by atoms with Crippen molar-refractivity contribution >= 4 is 6.03 Å². The number of hydrogen-bond donors (Lipinski definition) is 1. The first-order valence-corrected chi connectivity index (χ1v) is 8.83. The van der Waals surface area contributed by atoms with Crippen LogP contribution < -0.4 is 5.32 Å². The first-order valence-electron chi connectivity index (χ1n) is 8.83. The Morgan fingerprint density at radius 2 is 2.08 bits per heavy atom. The molecular formula is C17H26F2N4O. The number of hydrogen-bond acceptors (Lipinski definition) is 2. The summed E-state index contributed by atoms with van der Waals surface area (Å²) in [6, 6.07) is 0.157. The average Bonchev–Trinajstić information content (AvgIpc) is 3.08. The van der Waals surface area contributed by atoms with Gasteiger partial charge in [-0.15, -0.1) is 0 Å². The zero-order valence-corrected chi connectivity index (χ0v) is 14.1. The predicted molar refractivity (Wildman–Crippen MR) is 86.9 cm³/mol. The molecule has 0 radical (unpaired) electrons. The molecule has 0 spiro atoms. The highest BCUT2D eigenvalue weighted by molar-refractivity contribution is 5.74. The van der Waals surface area contributed by atoms with Crippen LogP contribution in [0, 0.1) is 11.8 Å². The summed E-state index contributed by atoms with van der Waals surface area (Å²) in [5.41, 5.74) is 0. The van der Waals surface area contributed by atoms with Gasteiger partial charge in [0.1, 0.15) is 0 Å². The molecule has 0 aromatic carbocycles. The van der Waals surface area contributed by atoms with E-state index in [9.17, 15) is 13.6 Å². The second-order valence-electron chi connectivity index (χ2n) is 7.27. The van der Waals surface area contributed by atoms with Crippen molar-refractivity contribution in [3.05, 3.63) is 18.7 Å². The highest BCUT2D eigenvalue weighted by atomic mass is 19.3. The van der Waals surface area contributed by atoms with Crippen molar-refractivity contribution in [2.45, 2.75) is 51.0 Å². The summed E-state index contributed by atoms with van der Waals surface area (Å²) < 4.78 is 28.4. The van der Waals surface area contributed by atoms with Gasteiger partial charge in [-0.25, -0.2) is 18.6 Å². The number of alkyl halides is 2. The Morgan fingerprint density at radius 3 is 2.75 bits per heavy atom. The van der Waals surface area contributed by atoms with Gasteiger partial charge in [0, 0.05) is 44.9 Å². The molecule has 2 heterocycles. The number of amides is 2. The molecule has 1 saturated carbocycles. The van der Waals surface area contributed by atoms with Crippen molar-refractivity contribution in [2.24, 2.45) is 11.8 Å². The summed E-state index contributed by atoms with van der Waals surface area (Å²) in [6.07, 6.45) is 7.30. The van der Waals surface area contributed by atoms with Gasteiger partial charge in [-0.1, -0.05) is 6.92 Å². The second kappa shape index (κ2) is 7.07. The zero-order chi connectivity index (χ0) is 17.2. The van der Waals surface area contributed by atoms with Crippen LogP contribution in [0.5, 0.6) is 0 Å². The van der Waals surface area contributed by atoms with Gasteiger partial charge >= 0.3 is 6.03 Å². The molecule has 1 aliphatic heterocycles. The van der Waals surface area contributed by atoms with E-state index in [-0.39, 0.29) is 30.8 Å². The molecular weight excluding hydrogens is 314 g/mol. The maximum absolute atomic E-state index is 13.2. The topological polar surface area (TPSA) is 50.2 Å². The summed E-state index contributed by atoms with van der Waals surface area (Å²) >= 11 is 0. The van der Waals surface area contributed by atoms with E-state index in [1.807, 2.05) is 11.1 Å². The van der Waals surface area contributed by atoms with Crippen LogP contribution in [-0.2, 0) is 0 Å². The van der Waals surface area contributed by atoms with Gasteiger partial charge in [-0.05, 0) is 31.1 Å². The number of nitrogens with zero attached hydrogens (tertiary/aromatic N) is 3. The Bertz CT molecular complexity index is 539. The molecule has 1 saturated heterocycles. The van der Waals surface area contributed by atoms with Crippen molar-refractivity contribution in [2.75, 3.05) is 19.6 Å². The van der Waals surface area contributed by atoms with E-state index < -0.39 is 5.92 Å². The Balaban J connectivity index is 1.48. The number of nitrogens with one attached hydrogen (secondary N) is 1. The summed E-state index contributed by atoms with van der Waals surface area (Å²) in [6.45, 7) is 4.09. The third kappa shape index (κ3) is 4.05. The highest BCUT2D eigenvalue weighted by Crippen LogP contribution is 2.35. The van der Waals surface area contributed by atoms with Crippen LogP contribution in [0.3, 0.4) is 0 Å². The lowest BCUT2D eigenvalue weighted by molar-refractivity contribution is -0.0452. The average molecular weight is 340 g/mol. The van der Waals surface area contributed by atoms with E-state index in [0.717, 1.165) is 13.0 Å². The van der Waals surface area contributed by atoms with E-state index in [0.29, 0.717) is 31.8 Å². The van der Waals surface area contributed by atoms with Crippen LogP contribution in [-0.4, -0.2) is 46.0 Å². The van der Waals surface area contributed by atoms with E-state index in [1.54, 1.807) is 12.5 Å². The molecule has 5 nitrogen and oxygen atoms in total. The summed E-state index contributed by atoms with van der Waals surface area (Å²) in [5, 5.41) is 2.95. The van der Waals surface area contributed by atoms with Gasteiger partial charge in [0.25, 0.3) is 0 Å². The van der Waals surface area contributed by atoms with Crippen LogP contribution >= 0.6 is 0 Å². The van der Waals surface area contributed by atoms with Crippen molar-refractivity contribution < 1.29 is 13.6 Å². The summed E-state index contributed by atoms with van der Waals surface area (Å²) in [5.74, 6) is -1.85. The van der Waals surface area contributed by atoms with Crippen molar-refractivity contribution in [3.63, 3.8) is 0 Å². The van der Waals surface area contributed by atoms with Crippen LogP contribution in [0.4, 0.5) is 13.6 Å². The SMILES string of the molecule is C[C@H]1CCN(C(=O)NCC2CCC(F)(F)CC2)C[C@@H]1n1ccnc1. The Labute approximate surface area is 141 Å². The third-order valence-corrected chi connectivity index (χ3v) is 5.49. The highest BCUT2D eigenvalue weighted by Gasteiger charge is 2.35. The van der Waals surface area contributed by atoms with E-state index in [1.165, 1.54) is 0 Å². The number of carbonyl (C=O) groups is 1. The molecule has 3 rings (SSSR count). The molecule has 134 valence electrons. The van der Waals surface area contributed by atoms with Gasteiger partial charge < -0.3 is 14.8 Å². The molecule has 24 heavy (non-hydrogen) atoms. The van der Waals surface area contributed by atoms with Gasteiger partial charge in [-0.3, -0.25) is 0 Å². The Morgan fingerprint density at radius 1 is 1.33 bits per heavy atom. The fourth-order valence-electron chi connectivity index (χ4n) is 3.73.